The van der Waals surface area contributed by atoms with Gasteiger partial charge in [0.25, 0.3) is 5.24 Å². The van der Waals surface area contributed by atoms with E-state index >= 15 is 0 Å². The summed E-state index contributed by atoms with van der Waals surface area (Å²) in [4.78, 5) is 33.4. The smallest absolute Gasteiger partial charge is 0.417 e. The molecule has 0 aliphatic rings. The van der Waals surface area contributed by atoms with Crippen molar-refractivity contribution in [2.75, 3.05) is 6.61 Å². The maximum Gasteiger partial charge on any atom is 0.417 e. The fraction of sp³-hybridized carbons (Fsp3) is 0.235. The number of ether oxygens (including phenoxy) is 1. The molecule has 0 atom stereocenters. The van der Waals surface area contributed by atoms with Crippen molar-refractivity contribution >= 4 is 39.7 Å². The van der Waals surface area contributed by atoms with Gasteiger partial charge < -0.3 is 9.30 Å². The SMILES string of the molecule is Cc1c(C(=O)Cl)cn(CCOC(=O)C(=O)Cl)c1-c1ccccc1C(F)(F)F. The second-order valence-corrected chi connectivity index (χ2v) is 6.12. The third kappa shape index (κ3) is 4.70. The maximum atomic E-state index is 13.4. The van der Waals surface area contributed by atoms with Gasteiger partial charge in [-0.25, -0.2) is 4.79 Å². The van der Waals surface area contributed by atoms with Crippen molar-refractivity contribution in [1.29, 1.82) is 0 Å². The number of carbonyl (C=O) groups excluding carboxylic acids is 3. The summed E-state index contributed by atoms with van der Waals surface area (Å²) in [6.07, 6.45) is -3.36. The number of esters is 1. The van der Waals surface area contributed by atoms with Gasteiger partial charge in [-0.1, -0.05) is 18.2 Å². The van der Waals surface area contributed by atoms with E-state index in [1.165, 1.54) is 35.9 Å². The number of alkyl halides is 3. The Hall–Kier alpha value is -2.32. The first-order valence-corrected chi connectivity index (χ1v) is 8.22. The van der Waals surface area contributed by atoms with Gasteiger partial charge in [0.15, 0.2) is 0 Å². The predicted molar refractivity (Wildman–Crippen MR) is 91.6 cm³/mol. The van der Waals surface area contributed by atoms with Crippen LogP contribution in [0, 0.1) is 6.92 Å². The van der Waals surface area contributed by atoms with E-state index in [-0.39, 0.29) is 35.5 Å². The summed E-state index contributed by atoms with van der Waals surface area (Å²) >= 11 is 10.5. The van der Waals surface area contributed by atoms with Crippen LogP contribution in [0.5, 0.6) is 0 Å². The minimum absolute atomic E-state index is 0.0170. The molecule has 0 saturated carbocycles. The van der Waals surface area contributed by atoms with Crippen LogP contribution in [-0.4, -0.2) is 27.6 Å². The molecule has 1 aromatic carbocycles. The van der Waals surface area contributed by atoms with Crippen LogP contribution in [0.1, 0.15) is 21.5 Å². The van der Waals surface area contributed by atoms with Crippen LogP contribution < -0.4 is 0 Å². The van der Waals surface area contributed by atoms with Gasteiger partial charge in [0.2, 0.25) is 0 Å². The molecule has 0 spiro atoms. The lowest BCUT2D eigenvalue weighted by molar-refractivity contribution is -0.150. The minimum atomic E-state index is -4.62. The highest BCUT2D eigenvalue weighted by molar-refractivity contribution is 6.80. The molecule has 27 heavy (non-hydrogen) atoms. The number of aromatic nitrogens is 1. The van der Waals surface area contributed by atoms with Crippen LogP contribution in [0.3, 0.4) is 0 Å². The third-order valence-electron chi connectivity index (χ3n) is 3.76. The van der Waals surface area contributed by atoms with Crippen LogP contribution in [0.2, 0.25) is 0 Å². The Morgan fingerprint density at radius 3 is 2.33 bits per heavy atom. The molecule has 5 nitrogen and oxygen atoms in total. The molecule has 144 valence electrons. The monoisotopic (exact) mass is 421 g/mol. The highest BCUT2D eigenvalue weighted by Crippen LogP contribution is 2.39. The van der Waals surface area contributed by atoms with E-state index in [0.717, 1.165) is 6.07 Å². The van der Waals surface area contributed by atoms with Crippen molar-refractivity contribution in [2.45, 2.75) is 19.6 Å². The molecule has 0 bridgehead atoms. The highest BCUT2D eigenvalue weighted by Gasteiger charge is 2.35. The Morgan fingerprint density at radius 2 is 1.78 bits per heavy atom. The molecular formula is C17H12Cl2F3NO4. The highest BCUT2D eigenvalue weighted by atomic mass is 35.5. The lowest BCUT2D eigenvalue weighted by atomic mass is 10.0. The molecule has 0 N–H and O–H groups in total. The first-order chi connectivity index (χ1) is 12.5. The van der Waals surface area contributed by atoms with Crippen molar-refractivity contribution in [3.8, 4) is 11.3 Å². The molecule has 0 unspecified atom stereocenters. The fourth-order valence-corrected chi connectivity index (χ4v) is 2.87. The van der Waals surface area contributed by atoms with Gasteiger partial charge in [0.1, 0.15) is 6.61 Å². The normalized spacial score (nSPS) is 11.3. The van der Waals surface area contributed by atoms with E-state index in [2.05, 4.69) is 4.74 Å². The topological polar surface area (TPSA) is 65.4 Å². The molecule has 0 aliphatic carbocycles. The molecular weight excluding hydrogens is 410 g/mol. The summed E-state index contributed by atoms with van der Waals surface area (Å²) < 4.78 is 46.1. The zero-order valence-electron chi connectivity index (χ0n) is 13.8. The second-order valence-electron chi connectivity index (χ2n) is 5.44. The van der Waals surface area contributed by atoms with Crippen LogP contribution in [0.4, 0.5) is 13.2 Å². The standard InChI is InChI=1S/C17H12Cl2F3NO4/c1-9-11(14(18)24)8-23(6-7-27-16(26)15(19)25)13(9)10-4-2-3-5-12(10)17(20,21)22/h2-5,8H,6-7H2,1H3. The average Bonchev–Trinajstić information content (AvgIpc) is 2.90. The Labute approximate surface area is 161 Å². The van der Waals surface area contributed by atoms with Crippen molar-refractivity contribution in [3.63, 3.8) is 0 Å². The molecule has 0 radical (unpaired) electrons. The molecule has 10 heteroatoms. The van der Waals surface area contributed by atoms with Crippen LogP contribution in [0.15, 0.2) is 30.5 Å². The van der Waals surface area contributed by atoms with E-state index in [1.807, 2.05) is 0 Å². The minimum Gasteiger partial charge on any atom is -0.457 e. The summed E-state index contributed by atoms with van der Waals surface area (Å²) in [6, 6.07) is 4.85. The first kappa shape index (κ1) is 21.0. The number of nitrogens with zero attached hydrogens (tertiary/aromatic N) is 1. The molecule has 0 fully saturated rings. The Balaban J connectivity index is 2.51. The van der Waals surface area contributed by atoms with Gasteiger partial charge in [0, 0.05) is 11.8 Å². The largest absolute Gasteiger partial charge is 0.457 e. The molecule has 2 rings (SSSR count). The van der Waals surface area contributed by atoms with E-state index in [4.69, 9.17) is 23.2 Å². The fourth-order valence-electron chi connectivity index (χ4n) is 2.62. The van der Waals surface area contributed by atoms with Crippen LogP contribution in [0.25, 0.3) is 11.3 Å². The number of benzene rings is 1. The zero-order valence-corrected chi connectivity index (χ0v) is 15.3. The van der Waals surface area contributed by atoms with E-state index < -0.39 is 28.2 Å². The number of hydrogen-bond acceptors (Lipinski definition) is 4. The van der Waals surface area contributed by atoms with Crippen LogP contribution in [-0.2, 0) is 27.0 Å². The van der Waals surface area contributed by atoms with E-state index in [9.17, 15) is 27.6 Å². The average molecular weight is 422 g/mol. The number of carbonyl (C=O) groups is 3. The van der Waals surface area contributed by atoms with Gasteiger partial charge in [-0.2, -0.15) is 13.2 Å². The summed E-state index contributed by atoms with van der Waals surface area (Å²) in [5.41, 5.74) is -0.699. The summed E-state index contributed by atoms with van der Waals surface area (Å²) in [5.74, 6) is -1.29. The van der Waals surface area contributed by atoms with Gasteiger partial charge >= 0.3 is 17.4 Å². The molecule has 0 saturated heterocycles. The lowest BCUT2D eigenvalue weighted by Gasteiger charge is -2.16. The quantitative estimate of drug-likeness (QED) is 0.398. The molecule has 0 amide bonds. The number of rotatable bonds is 6. The van der Waals surface area contributed by atoms with E-state index in [1.54, 1.807) is 0 Å². The maximum absolute atomic E-state index is 13.4. The zero-order chi connectivity index (χ0) is 20.4. The Kier molecular flexibility index (Phi) is 6.33. The summed E-state index contributed by atoms with van der Waals surface area (Å²) in [7, 11) is 0. The van der Waals surface area contributed by atoms with Gasteiger partial charge in [-0.3, -0.25) is 9.59 Å². The van der Waals surface area contributed by atoms with Crippen molar-refractivity contribution < 1.29 is 32.3 Å². The Morgan fingerprint density at radius 1 is 1.15 bits per heavy atom. The summed E-state index contributed by atoms with van der Waals surface area (Å²) in [6.45, 7) is 0.994. The predicted octanol–water partition coefficient (Wildman–Crippen LogP) is 4.17. The molecule has 2 aromatic rings. The van der Waals surface area contributed by atoms with Gasteiger partial charge in [-0.05, 0) is 41.8 Å². The van der Waals surface area contributed by atoms with Crippen LogP contribution >= 0.6 is 23.2 Å². The first-order valence-electron chi connectivity index (χ1n) is 7.46. The molecule has 1 aromatic heterocycles. The second kappa shape index (κ2) is 8.14. The van der Waals surface area contributed by atoms with Crippen molar-refractivity contribution in [1.82, 2.24) is 4.57 Å². The van der Waals surface area contributed by atoms with Crippen molar-refractivity contribution in [3.05, 3.63) is 47.2 Å². The molecule has 1 heterocycles. The van der Waals surface area contributed by atoms with Gasteiger partial charge in [-0.15, -0.1) is 0 Å². The summed E-state index contributed by atoms with van der Waals surface area (Å²) in [5, 5.41) is -2.16. The third-order valence-corrected chi connectivity index (χ3v) is 4.11. The van der Waals surface area contributed by atoms with E-state index in [0.29, 0.717) is 0 Å². The van der Waals surface area contributed by atoms with Crippen molar-refractivity contribution in [2.24, 2.45) is 0 Å². The number of halogens is 5. The Bertz CT molecular complexity index is 906. The lowest BCUT2D eigenvalue weighted by Crippen LogP contribution is -2.16. The number of hydrogen-bond donors (Lipinski definition) is 0. The molecule has 0 aliphatic heterocycles. The van der Waals surface area contributed by atoms with Gasteiger partial charge in [0.05, 0.1) is 23.4 Å².